The summed E-state index contributed by atoms with van der Waals surface area (Å²) in [5, 5.41) is 0. The molecule has 0 N–H and O–H groups in total. The lowest BCUT2D eigenvalue weighted by Gasteiger charge is -2.13. The van der Waals surface area contributed by atoms with Crippen molar-refractivity contribution < 1.29 is 0 Å². The fraction of sp³-hybridized carbons (Fsp3) is 1.00. The highest BCUT2D eigenvalue weighted by atomic mass is 35.6. The molecule has 0 unspecified atom stereocenters. The first-order chi connectivity index (χ1) is 4.71. The van der Waals surface area contributed by atoms with Crippen LogP contribution in [0.2, 0.25) is 0 Å². The summed E-state index contributed by atoms with van der Waals surface area (Å²) >= 11 is 32.8. The molecule has 0 aromatic carbocycles. The molecule has 0 spiro atoms. The predicted molar refractivity (Wildman–Crippen MR) is 54.4 cm³/mol. The fourth-order valence-corrected chi connectivity index (χ4v) is 1.29. The molecule has 0 rings (SSSR count). The van der Waals surface area contributed by atoms with E-state index in [1.165, 1.54) is 0 Å². The fourth-order valence-electron chi connectivity index (χ4n) is 0.489. The van der Waals surface area contributed by atoms with Gasteiger partial charge in [0.25, 0.3) is 0 Å². The number of hydrogen-bond acceptors (Lipinski definition) is 0. The number of hydrogen-bond donors (Lipinski definition) is 0. The summed E-state index contributed by atoms with van der Waals surface area (Å²) < 4.78 is -2.48. The van der Waals surface area contributed by atoms with Crippen LogP contribution in [0.3, 0.4) is 0 Å². The van der Waals surface area contributed by atoms with E-state index in [0.717, 1.165) is 0 Å². The van der Waals surface area contributed by atoms with E-state index >= 15 is 0 Å². The van der Waals surface area contributed by atoms with Crippen molar-refractivity contribution in [3.63, 3.8) is 0 Å². The highest BCUT2D eigenvalue weighted by Gasteiger charge is 2.23. The van der Waals surface area contributed by atoms with E-state index in [1.807, 2.05) is 0 Å². The van der Waals surface area contributed by atoms with Gasteiger partial charge in [0.1, 0.15) is 0 Å². The maximum Gasteiger partial charge on any atom is 0.190 e. The van der Waals surface area contributed by atoms with Gasteiger partial charge in [-0.15, -0.1) is 0 Å². The molecule has 0 bridgehead atoms. The van der Waals surface area contributed by atoms with Crippen molar-refractivity contribution in [1.29, 1.82) is 0 Å². The second-order valence-electron chi connectivity index (χ2n) is 2.08. The predicted octanol–water partition coefficient (Wildman–Crippen LogP) is 4.90. The topological polar surface area (TPSA) is 0 Å². The lowest BCUT2D eigenvalue weighted by molar-refractivity contribution is 0.703. The molecule has 0 aliphatic heterocycles. The van der Waals surface area contributed by atoms with Gasteiger partial charge in [-0.3, -0.25) is 0 Å². The third-order valence-corrected chi connectivity index (χ3v) is 2.05. The zero-order valence-corrected chi connectivity index (χ0v) is 9.92. The van der Waals surface area contributed by atoms with Crippen LogP contribution in [-0.4, -0.2) is 7.59 Å². The molecule has 0 aliphatic carbocycles. The van der Waals surface area contributed by atoms with Crippen molar-refractivity contribution in [2.45, 2.75) is 26.8 Å². The van der Waals surface area contributed by atoms with Gasteiger partial charge in [0.15, 0.2) is 7.59 Å². The minimum absolute atomic E-state index is 0.394. The molecule has 11 heavy (non-hydrogen) atoms. The van der Waals surface area contributed by atoms with E-state index in [0.29, 0.717) is 19.3 Å². The van der Waals surface area contributed by atoms with Crippen LogP contribution in [-0.2, 0) is 0 Å². The van der Waals surface area contributed by atoms with Gasteiger partial charge in [-0.05, 0) is 19.3 Å². The SMILES string of the molecule is ClC(Cl)(Cl)CCCC(Cl)(Cl)Cl. The monoisotopic (exact) mass is 276 g/mol. The van der Waals surface area contributed by atoms with Gasteiger partial charge in [0, 0.05) is 0 Å². The summed E-state index contributed by atoms with van der Waals surface area (Å²) in [6, 6.07) is 0. The summed E-state index contributed by atoms with van der Waals surface area (Å²) in [6.45, 7) is 0. The highest BCUT2D eigenvalue weighted by molar-refractivity contribution is 6.68. The van der Waals surface area contributed by atoms with E-state index in [9.17, 15) is 0 Å². The van der Waals surface area contributed by atoms with Gasteiger partial charge < -0.3 is 0 Å². The van der Waals surface area contributed by atoms with E-state index in [2.05, 4.69) is 0 Å². The second kappa shape index (κ2) is 4.83. The molecule has 0 radical (unpaired) electrons. The molecule has 0 saturated heterocycles. The van der Waals surface area contributed by atoms with Crippen molar-refractivity contribution >= 4 is 69.6 Å². The lowest BCUT2D eigenvalue weighted by atomic mass is 10.3. The Labute approximate surface area is 96.0 Å². The van der Waals surface area contributed by atoms with Gasteiger partial charge >= 0.3 is 0 Å². The quantitative estimate of drug-likeness (QED) is 0.631. The minimum atomic E-state index is -1.24. The normalized spacial score (nSPS) is 13.6. The molecule has 0 fully saturated rings. The molecular weight excluding hydrogens is 273 g/mol. The van der Waals surface area contributed by atoms with Crippen LogP contribution in [0, 0.1) is 0 Å². The summed E-state index contributed by atoms with van der Waals surface area (Å²) in [5.41, 5.74) is 0. The standard InChI is InChI=1S/C5H6Cl6/c6-4(7,8)2-1-3-5(9,10)11/h1-3H2. The maximum atomic E-state index is 5.46. The van der Waals surface area contributed by atoms with Crippen LogP contribution < -0.4 is 0 Å². The third-order valence-electron chi connectivity index (χ3n) is 0.921. The van der Waals surface area contributed by atoms with E-state index < -0.39 is 7.59 Å². The zero-order valence-electron chi connectivity index (χ0n) is 5.39. The Morgan fingerprint density at radius 1 is 0.636 bits per heavy atom. The lowest BCUT2D eigenvalue weighted by Crippen LogP contribution is -2.06. The van der Waals surface area contributed by atoms with Crippen LogP contribution in [0.25, 0.3) is 0 Å². The summed E-state index contributed by atoms with van der Waals surface area (Å²) in [7, 11) is 0. The van der Waals surface area contributed by atoms with Crippen molar-refractivity contribution in [2.24, 2.45) is 0 Å². The molecule has 0 heterocycles. The second-order valence-corrected chi connectivity index (χ2v) is 7.12. The van der Waals surface area contributed by atoms with Crippen LogP contribution in [0.5, 0.6) is 0 Å². The Bertz CT molecular complexity index is 95.1. The Balaban J connectivity index is 3.44. The zero-order chi connectivity index (χ0) is 9.12. The molecule has 0 aromatic rings. The first kappa shape index (κ1) is 12.7. The highest BCUT2D eigenvalue weighted by Crippen LogP contribution is 2.36. The summed E-state index contributed by atoms with van der Waals surface area (Å²) in [5.74, 6) is 0. The van der Waals surface area contributed by atoms with Gasteiger partial charge in [-0.25, -0.2) is 0 Å². The van der Waals surface area contributed by atoms with Gasteiger partial charge in [0.05, 0.1) is 0 Å². The molecule has 6 heteroatoms. The summed E-state index contributed by atoms with van der Waals surface area (Å²) in [4.78, 5) is 0. The van der Waals surface area contributed by atoms with Crippen molar-refractivity contribution in [2.75, 3.05) is 0 Å². The van der Waals surface area contributed by atoms with E-state index in [1.54, 1.807) is 0 Å². The van der Waals surface area contributed by atoms with Crippen molar-refractivity contribution in [1.82, 2.24) is 0 Å². The number of rotatable bonds is 2. The van der Waals surface area contributed by atoms with Crippen LogP contribution in [0.1, 0.15) is 19.3 Å². The summed E-state index contributed by atoms with van der Waals surface area (Å²) in [6.07, 6.45) is 1.37. The molecule has 0 aliphatic rings. The van der Waals surface area contributed by atoms with Crippen molar-refractivity contribution in [3.05, 3.63) is 0 Å². The van der Waals surface area contributed by atoms with Crippen molar-refractivity contribution in [3.8, 4) is 0 Å². The molecule has 0 nitrogen and oxygen atoms in total. The molecule has 0 amide bonds. The first-order valence-electron chi connectivity index (χ1n) is 2.84. The van der Waals surface area contributed by atoms with Crippen LogP contribution in [0.4, 0.5) is 0 Å². The Morgan fingerprint density at radius 3 is 1.09 bits per heavy atom. The average Bonchev–Trinajstić information content (AvgIpc) is 1.55. The van der Waals surface area contributed by atoms with Gasteiger partial charge in [-0.1, -0.05) is 69.6 Å². The third kappa shape index (κ3) is 11.7. The maximum absolute atomic E-state index is 5.46. The van der Waals surface area contributed by atoms with E-state index in [-0.39, 0.29) is 0 Å². The molecular formula is C5H6Cl6. The largest absolute Gasteiger partial charge is 0.190 e. The van der Waals surface area contributed by atoms with Gasteiger partial charge in [0.2, 0.25) is 0 Å². The molecule has 68 valence electrons. The Kier molecular flexibility index (Phi) is 5.60. The Hall–Kier alpha value is 1.74. The average molecular weight is 279 g/mol. The van der Waals surface area contributed by atoms with Crippen LogP contribution >= 0.6 is 69.6 Å². The molecule has 0 saturated carbocycles. The van der Waals surface area contributed by atoms with E-state index in [4.69, 9.17) is 69.6 Å². The van der Waals surface area contributed by atoms with Crippen LogP contribution in [0.15, 0.2) is 0 Å². The number of halogens is 6. The first-order valence-corrected chi connectivity index (χ1v) is 5.11. The Morgan fingerprint density at radius 2 is 0.909 bits per heavy atom. The minimum Gasteiger partial charge on any atom is -0.0837 e. The number of alkyl halides is 6. The van der Waals surface area contributed by atoms with Gasteiger partial charge in [-0.2, -0.15) is 0 Å². The smallest absolute Gasteiger partial charge is 0.0837 e. The molecule has 0 atom stereocenters. The molecule has 0 aromatic heterocycles.